The highest BCUT2D eigenvalue weighted by Crippen LogP contribution is 2.08. The SMILES string of the molecule is Cc1ccncc1CP. The molecule has 9 heavy (non-hydrogen) atoms. The number of hydrogen-bond acceptors (Lipinski definition) is 1. The molecule has 2 heteroatoms. The summed E-state index contributed by atoms with van der Waals surface area (Å²) in [5.74, 6) is 0. The Hall–Kier alpha value is -0.420. The van der Waals surface area contributed by atoms with Crippen LogP contribution in [-0.4, -0.2) is 4.98 Å². The van der Waals surface area contributed by atoms with Crippen LogP contribution in [0.2, 0.25) is 0 Å². The highest BCUT2D eigenvalue weighted by molar-refractivity contribution is 7.15. The maximum atomic E-state index is 4.00. The van der Waals surface area contributed by atoms with Crippen LogP contribution in [0.3, 0.4) is 0 Å². The molecule has 1 atom stereocenters. The zero-order valence-corrected chi connectivity index (χ0v) is 6.62. The molecule has 48 valence electrons. The van der Waals surface area contributed by atoms with Crippen molar-refractivity contribution in [2.75, 3.05) is 0 Å². The summed E-state index contributed by atoms with van der Waals surface area (Å²) in [6.07, 6.45) is 4.72. The van der Waals surface area contributed by atoms with Gasteiger partial charge < -0.3 is 0 Å². The lowest BCUT2D eigenvalue weighted by Crippen LogP contribution is -1.83. The number of rotatable bonds is 1. The molecule has 0 saturated carbocycles. The molecular formula is C7H10NP. The fourth-order valence-electron chi connectivity index (χ4n) is 0.710. The molecule has 1 nitrogen and oxygen atoms in total. The van der Waals surface area contributed by atoms with E-state index in [2.05, 4.69) is 21.1 Å². The van der Waals surface area contributed by atoms with Crippen molar-refractivity contribution >= 4 is 9.24 Å². The van der Waals surface area contributed by atoms with Crippen LogP contribution in [0.4, 0.5) is 0 Å². The van der Waals surface area contributed by atoms with E-state index in [9.17, 15) is 0 Å². The Labute approximate surface area is 57.7 Å². The molecule has 0 N–H and O–H groups in total. The van der Waals surface area contributed by atoms with Crippen LogP contribution in [0.15, 0.2) is 18.5 Å². The molecule has 0 radical (unpaired) electrons. The second-order valence-corrected chi connectivity index (χ2v) is 2.41. The predicted molar refractivity (Wildman–Crippen MR) is 42.4 cm³/mol. The number of aryl methyl sites for hydroxylation is 1. The van der Waals surface area contributed by atoms with Gasteiger partial charge in [-0.05, 0) is 30.3 Å². The van der Waals surface area contributed by atoms with Crippen molar-refractivity contribution in [1.29, 1.82) is 0 Å². The van der Waals surface area contributed by atoms with E-state index in [1.165, 1.54) is 11.1 Å². The second kappa shape index (κ2) is 2.93. The van der Waals surface area contributed by atoms with Crippen LogP contribution in [-0.2, 0) is 6.16 Å². The fraction of sp³-hybridized carbons (Fsp3) is 0.286. The van der Waals surface area contributed by atoms with E-state index in [1.54, 1.807) is 0 Å². The summed E-state index contributed by atoms with van der Waals surface area (Å²) in [6, 6.07) is 2.03. The van der Waals surface area contributed by atoms with Gasteiger partial charge in [-0.2, -0.15) is 0 Å². The minimum absolute atomic E-state index is 1.000. The number of hydrogen-bond donors (Lipinski definition) is 0. The normalized spacial score (nSPS) is 9.56. The van der Waals surface area contributed by atoms with Crippen LogP contribution in [0.1, 0.15) is 11.1 Å². The van der Waals surface area contributed by atoms with Crippen molar-refractivity contribution in [2.45, 2.75) is 13.1 Å². The Morgan fingerprint density at radius 3 is 2.89 bits per heavy atom. The number of nitrogens with zero attached hydrogens (tertiary/aromatic N) is 1. The average Bonchev–Trinajstić information content (AvgIpc) is 1.89. The third-order valence-corrected chi connectivity index (χ3v) is 1.81. The Balaban J connectivity index is 3.01. The van der Waals surface area contributed by atoms with Crippen molar-refractivity contribution in [3.8, 4) is 0 Å². The number of aromatic nitrogens is 1. The summed E-state index contributed by atoms with van der Waals surface area (Å²) in [5, 5.41) is 0. The Kier molecular flexibility index (Phi) is 2.18. The third kappa shape index (κ3) is 1.49. The largest absolute Gasteiger partial charge is 0.264 e. The van der Waals surface area contributed by atoms with E-state index in [-0.39, 0.29) is 0 Å². The van der Waals surface area contributed by atoms with Crippen LogP contribution < -0.4 is 0 Å². The molecule has 0 aliphatic heterocycles. The van der Waals surface area contributed by atoms with Crippen LogP contribution in [0, 0.1) is 6.92 Å². The molecule has 0 saturated heterocycles. The van der Waals surface area contributed by atoms with Crippen molar-refractivity contribution in [1.82, 2.24) is 4.98 Å². The van der Waals surface area contributed by atoms with E-state index < -0.39 is 0 Å². The highest BCUT2D eigenvalue weighted by atomic mass is 31.0. The lowest BCUT2D eigenvalue weighted by molar-refractivity contribution is 1.20. The zero-order chi connectivity index (χ0) is 6.69. The highest BCUT2D eigenvalue weighted by Gasteiger charge is 1.90. The van der Waals surface area contributed by atoms with E-state index in [4.69, 9.17) is 0 Å². The van der Waals surface area contributed by atoms with Gasteiger partial charge in [-0.3, -0.25) is 4.98 Å². The first kappa shape index (κ1) is 6.70. The summed E-state index contributed by atoms with van der Waals surface area (Å²) in [4.78, 5) is 4.00. The predicted octanol–water partition coefficient (Wildman–Crippen LogP) is 1.77. The second-order valence-electron chi connectivity index (χ2n) is 2.01. The quantitative estimate of drug-likeness (QED) is 0.540. The molecule has 1 rings (SSSR count). The van der Waals surface area contributed by atoms with Gasteiger partial charge in [0.05, 0.1) is 0 Å². The topological polar surface area (TPSA) is 12.9 Å². The van der Waals surface area contributed by atoms with E-state index >= 15 is 0 Å². The van der Waals surface area contributed by atoms with Gasteiger partial charge in [0.2, 0.25) is 0 Å². The molecule has 0 aliphatic carbocycles. The smallest absolute Gasteiger partial charge is 0.0305 e. The van der Waals surface area contributed by atoms with Crippen molar-refractivity contribution < 1.29 is 0 Å². The van der Waals surface area contributed by atoms with Gasteiger partial charge in [-0.1, -0.05) is 0 Å². The van der Waals surface area contributed by atoms with E-state index in [0.29, 0.717) is 0 Å². The molecule has 1 unspecified atom stereocenters. The van der Waals surface area contributed by atoms with Gasteiger partial charge in [-0.25, -0.2) is 0 Å². The van der Waals surface area contributed by atoms with Gasteiger partial charge in [0.15, 0.2) is 0 Å². The molecule has 1 aromatic heterocycles. The maximum absolute atomic E-state index is 4.00. The summed E-state index contributed by atoms with van der Waals surface area (Å²) in [6.45, 7) is 2.10. The number of pyridine rings is 1. The molecule has 0 amide bonds. The van der Waals surface area contributed by atoms with Crippen LogP contribution in [0.5, 0.6) is 0 Å². The van der Waals surface area contributed by atoms with Gasteiger partial charge >= 0.3 is 0 Å². The van der Waals surface area contributed by atoms with E-state index in [0.717, 1.165) is 6.16 Å². The molecule has 1 heterocycles. The van der Waals surface area contributed by atoms with Gasteiger partial charge in [0.25, 0.3) is 0 Å². The van der Waals surface area contributed by atoms with Crippen molar-refractivity contribution in [3.63, 3.8) is 0 Å². The summed E-state index contributed by atoms with van der Waals surface area (Å²) < 4.78 is 0. The first-order valence-corrected chi connectivity index (χ1v) is 3.76. The molecule has 0 aromatic carbocycles. The van der Waals surface area contributed by atoms with Crippen LogP contribution >= 0.6 is 9.24 Å². The zero-order valence-electron chi connectivity index (χ0n) is 5.46. The van der Waals surface area contributed by atoms with Gasteiger partial charge in [-0.15, -0.1) is 9.24 Å². The Morgan fingerprint density at radius 1 is 1.67 bits per heavy atom. The third-order valence-electron chi connectivity index (χ3n) is 1.37. The monoisotopic (exact) mass is 139 g/mol. The van der Waals surface area contributed by atoms with Crippen molar-refractivity contribution in [3.05, 3.63) is 29.6 Å². The maximum Gasteiger partial charge on any atom is 0.0305 e. The first-order chi connectivity index (χ1) is 4.34. The summed E-state index contributed by atoms with van der Waals surface area (Å²) in [7, 11) is 2.69. The van der Waals surface area contributed by atoms with Gasteiger partial charge in [0.1, 0.15) is 0 Å². The molecule has 0 spiro atoms. The summed E-state index contributed by atoms with van der Waals surface area (Å²) in [5.41, 5.74) is 2.63. The first-order valence-electron chi connectivity index (χ1n) is 2.94. The van der Waals surface area contributed by atoms with Crippen molar-refractivity contribution in [2.24, 2.45) is 0 Å². The standard InChI is InChI=1S/C7H10NP/c1-6-2-3-8-4-7(6)5-9/h2-4H,5,9H2,1H3. The van der Waals surface area contributed by atoms with Crippen LogP contribution in [0.25, 0.3) is 0 Å². The molecular weight excluding hydrogens is 129 g/mol. The molecule has 0 aliphatic rings. The molecule has 1 aromatic rings. The fourth-order valence-corrected chi connectivity index (χ4v) is 1.14. The van der Waals surface area contributed by atoms with Gasteiger partial charge in [0, 0.05) is 12.4 Å². The molecule has 0 fully saturated rings. The minimum atomic E-state index is 1.000. The lowest BCUT2D eigenvalue weighted by atomic mass is 10.2. The molecule has 0 bridgehead atoms. The minimum Gasteiger partial charge on any atom is -0.264 e. The van der Waals surface area contributed by atoms with E-state index in [1.807, 2.05) is 18.5 Å². The summed E-state index contributed by atoms with van der Waals surface area (Å²) >= 11 is 0. The Morgan fingerprint density at radius 2 is 2.44 bits per heavy atom. The average molecular weight is 139 g/mol. The lowest BCUT2D eigenvalue weighted by Gasteiger charge is -1.97. The Bertz CT molecular complexity index is 198.